The molecule has 2 aromatic rings. The summed E-state index contributed by atoms with van der Waals surface area (Å²) >= 11 is 0. The van der Waals surface area contributed by atoms with E-state index in [4.69, 9.17) is 14.2 Å². The van der Waals surface area contributed by atoms with Gasteiger partial charge in [0.25, 0.3) is 0 Å². The third kappa shape index (κ3) is 7.40. The average Bonchev–Trinajstić information content (AvgIpc) is 3.02. The number of nitrogens with zero attached hydrogens (tertiary/aromatic N) is 2. The standard InChI is InChI=1S/C26H35FN2O4/c27-24-4-1-2-5-25(24)33-21-26(30)10-3-12-29(13-11-26)20-22-6-8-23(9-7-22)32-19-16-28-14-17-31-18-15-28/h1-2,4-9,30H,3,10-21H2/t26-/m1/s1. The van der Waals surface area contributed by atoms with Gasteiger partial charge >= 0.3 is 0 Å². The Hall–Kier alpha value is -2.19. The Morgan fingerprint density at radius 2 is 1.70 bits per heavy atom. The molecule has 180 valence electrons. The lowest BCUT2D eigenvalue weighted by Crippen LogP contribution is -2.38. The van der Waals surface area contributed by atoms with E-state index in [0.29, 0.717) is 19.4 Å². The summed E-state index contributed by atoms with van der Waals surface area (Å²) in [6.07, 6.45) is 2.12. The van der Waals surface area contributed by atoms with E-state index in [-0.39, 0.29) is 12.4 Å². The van der Waals surface area contributed by atoms with Crippen LogP contribution in [0.4, 0.5) is 4.39 Å². The van der Waals surface area contributed by atoms with Gasteiger partial charge in [-0.3, -0.25) is 9.80 Å². The lowest BCUT2D eigenvalue weighted by atomic mass is 9.96. The smallest absolute Gasteiger partial charge is 0.165 e. The molecular weight excluding hydrogens is 423 g/mol. The number of hydrogen-bond acceptors (Lipinski definition) is 6. The third-order valence-corrected chi connectivity index (χ3v) is 6.45. The van der Waals surface area contributed by atoms with Crippen molar-refractivity contribution in [2.45, 2.75) is 31.4 Å². The molecule has 0 aromatic heterocycles. The zero-order chi connectivity index (χ0) is 22.9. The third-order valence-electron chi connectivity index (χ3n) is 6.45. The Bertz CT molecular complexity index is 860. The van der Waals surface area contributed by atoms with Crippen molar-refractivity contribution in [2.24, 2.45) is 0 Å². The van der Waals surface area contributed by atoms with Crippen LogP contribution in [-0.2, 0) is 11.3 Å². The van der Waals surface area contributed by atoms with Gasteiger partial charge in [-0.15, -0.1) is 0 Å². The normalized spacial score (nSPS) is 22.6. The summed E-state index contributed by atoms with van der Waals surface area (Å²) in [5.41, 5.74) is 0.290. The molecule has 2 aromatic carbocycles. The van der Waals surface area contributed by atoms with Crippen molar-refractivity contribution in [1.29, 1.82) is 0 Å². The zero-order valence-corrected chi connectivity index (χ0v) is 19.3. The number of morpholine rings is 1. The van der Waals surface area contributed by atoms with E-state index < -0.39 is 11.4 Å². The summed E-state index contributed by atoms with van der Waals surface area (Å²) < 4.78 is 30.7. The Kier molecular flexibility index (Phi) is 8.56. The summed E-state index contributed by atoms with van der Waals surface area (Å²) in [5, 5.41) is 11.0. The van der Waals surface area contributed by atoms with Crippen LogP contribution >= 0.6 is 0 Å². The Morgan fingerprint density at radius 3 is 2.48 bits per heavy atom. The van der Waals surface area contributed by atoms with Crippen molar-refractivity contribution in [3.8, 4) is 11.5 Å². The second kappa shape index (κ2) is 11.8. The van der Waals surface area contributed by atoms with Crippen LogP contribution in [-0.4, -0.2) is 79.7 Å². The molecule has 0 amide bonds. The molecule has 2 aliphatic rings. The van der Waals surface area contributed by atoms with Crippen LogP contribution in [0.3, 0.4) is 0 Å². The maximum atomic E-state index is 13.8. The molecule has 2 saturated heterocycles. The van der Waals surface area contributed by atoms with Crippen LogP contribution in [0.1, 0.15) is 24.8 Å². The first-order valence-electron chi connectivity index (χ1n) is 11.9. The minimum atomic E-state index is -0.935. The molecule has 1 N–H and O–H groups in total. The van der Waals surface area contributed by atoms with Crippen molar-refractivity contribution in [3.05, 3.63) is 59.9 Å². The first-order valence-corrected chi connectivity index (χ1v) is 11.9. The van der Waals surface area contributed by atoms with Gasteiger partial charge in [0.2, 0.25) is 0 Å². The first kappa shape index (κ1) is 24.0. The second-order valence-electron chi connectivity index (χ2n) is 9.02. The molecular formula is C26H35FN2O4. The number of halogens is 1. The van der Waals surface area contributed by atoms with Gasteiger partial charge in [-0.1, -0.05) is 24.3 Å². The zero-order valence-electron chi connectivity index (χ0n) is 19.3. The minimum Gasteiger partial charge on any atom is -0.492 e. The highest BCUT2D eigenvalue weighted by atomic mass is 19.1. The van der Waals surface area contributed by atoms with Crippen LogP contribution < -0.4 is 9.47 Å². The minimum absolute atomic E-state index is 0.109. The Labute approximate surface area is 195 Å². The van der Waals surface area contributed by atoms with E-state index in [1.807, 2.05) is 12.1 Å². The van der Waals surface area contributed by atoms with Gasteiger partial charge in [0.1, 0.15) is 19.0 Å². The fraction of sp³-hybridized carbons (Fsp3) is 0.538. The predicted octanol–water partition coefficient (Wildman–Crippen LogP) is 3.33. The van der Waals surface area contributed by atoms with Crippen molar-refractivity contribution >= 4 is 0 Å². The Morgan fingerprint density at radius 1 is 0.909 bits per heavy atom. The molecule has 0 bridgehead atoms. The molecule has 1 atom stereocenters. The van der Waals surface area contributed by atoms with Crippen molar-refractivity contribution < 1.29 is 23.7 Å². The van der Waals surface area contributed by atoms with E-state index in [1.54, 1.807) is 18.2 Å². The maximum absolute atomic E-state index is 13.8. The van der Waals surface area contributed by atoms with Gasteiger partial charge in [-0.25, -0.2) is 4.39 Å². The quantitative estimate of drug-likeness (QED) is 0.622. The van der Waals surface area contributed by atoms with E-state index >= 15 is 0 Å². The fourth-order valence-electron chi connectivity index (χ4n) is 4.38. The summed E-state index contributed by atoms with van der Waals surface area (Å²) in [6.45, 7) is 7.79. The van der Waals surface area contributed by atoms with Gasteiger partial charge in [0.15, 0.2) is 11.6 Å². The lowest BCUT2D eigenvalue weighted by molar-refractivity contribution is -0.0177. The molecule has 0 saturated carbocycles. The van der Waals surface area contributed by atoms with E-state index in [0.717, 1.165) is 64.7 Å². The van der Waals surface area contributed by atoms with Crippen molar-refractivity contribution in [2.75, 3.05) is 59.2 Å². The van der Waals surface area contributed by atoms with Crippen molar-refractivity contribution in [3.63, 3.8) is 0 Å². The average molecular weight is 459 g/mol. The van der Waals surface area contributed by atoms with Crippen molar-refractivity contribution in [1.82, 2.24) is 9.80 Å². The maximum Gasteiger partial charge on any atom is 0.165 e. The molecule has 6 nitrogen and oxygen atoms in total. The number of rotatable bonds is 9. The van der Waals surface area contributed by atoms with Gasteiger partial charge in [-0.05, 0) is 55.6 Å². The molecule has 2 heterocycles. The molecule has 0 radical (unpaired) electrons. The second-order valence-corrected chi connectivity index (χ2v) is 9.02. The van der Waals surface area contributed by atoms with E-state index in [9.17, 15) is 9.50 Å². The highest BCUT2D eigenvalue weighted by Gasteiger charge is 2.31. The topological polar surface area (TPSA) is 54.4 Å². The molecule has 7 heteroatoms. The van der Waals surface area contributed by atoms with Crippen LogP contribution in [0.2, 0.25) is 0 Å². The number of benzene rings is 2. The fourth-order valence-corrected chi connectivity index (χ4v) is 4.38. The molecule has 0 unspecified atom stereocenters. The van der Waals surface area contributed by atoms with Gasteiger partial charge in [0, 0.05) is 32.7 Å². The number of likely N-dealkylation sites (tertiary alicyclic amines) is 1. The van der Waals surface area contributed by atoms with Gasteiger partial charge < -0.3 is 19.3 Å². The number of para-hydroxylation sites is 1. The lowest BCUT2D eigenvalue weighted by Gasteiger charge is -2.27. The SMILES string of the molecule is O[C@]1(COc2ccccc2F)CCCN(Cc2ccc(OCCN3CCOCC3)cc2)CC1. The number of ether oxygens (including phenoxy) is 3. The first-order chi connectivity index (χ1) is 16.1. The summed E-state index contributed by atoms with van der Waals surface area (Å²) in [5.74, 6) is 0.687. The Balaban J connectivity index is 1.20. The summed E-state index contributed by atoms with van der Waals surface area (Å²) in [4.78, 5) is 4.72. The van der Waals surface area contributed by atoms with Gasteiger partial charge in [0.05, 0.1) is 18.8 Å². The van der Waals surface area contributed by atoms with E-state index in [2.05, 4.69) is 21.9 Å². The molecule has 2 fully saturated rings. The monoisotopic (exact) mass is 458 g/mol. The van der Waals surface area contributed by atoms with Crippen LogP contribution in [0.5, 0.6) is 11.5 Å². The number of hydrogen-bond donors (Lipinski definition) is 1. The molecule has 4 rings (SSSR count). The van der Waals surface area contributed by atoms with Gasteiger partial charge in [-0.2, -0.15) is 0 Å². The molecule has 2 aliphatic heterocycles. The van der Waals surface area contributed by atoms with E-state index in [1.165, 1.54) is 11.6 Å². The largest absolute Gasteiger partial charge is 0.492 e. The predicted molar refractivity (Wildman–Crippen MR) is 125 cm³/mol. The highest BCUT2D eigenvalue weighted by molar-refractivity contribution is 5.27. The molecule has 33 heavy (non-hydrogen) atoms. The molecule has 0 aliphatic carbocycles. The highest BCUT2D eigenvalue weighted by Crippen LogP contribution is 2.26. The summed E-state index contributed by atoms with van der Waals surface area (Å²) in [7, 11) is 0. The van der Waals surface area contributed by atoms with Crippen LogP contribution in [0.25, 0.3) is 0 Å². The molecule has 0 spiro atoms. The summed E-state index contributed by atoms with van der Waals surface area (Å²) in [6, 6.07) is 14.6. The van der Waals surface area contributed by atoms with Crippen LogP contribution in [0, 0.1) is 5.82 Å². The number of aliphatic hydroxyl groups is 1. The van der Waals surface area contributed by atoms with Crippen LogP contribution in [0.15, 0.2) is 48.5 Å².